The molecule has 1 fully saturated rings. The Morgan fingerprint density at radius 1 is 0.778 bits per heavy atom. The predicted molar refractivity (Wildman–Crippen MR) is 211 cm³/mol. The van der Waals surface area contributed by atoms with E-state index in [0.717, 1.165) is 34.0 Å². The van der Waals surface area contributed by atoms with E-state index in [4.69, 9.17) is 45.3 Å². The quantitative estimate of drug-likeness (QED) is 0.116. The van der Waals surface area contributed by atoms with Gasteiger partial charge < -0.3 is 44.5 Å². The van der Waals surface area contributed by atoms with Gasteiger partial charge in [0.15, 0.2) is 44.3 Å². The number of benzene rings is 2. The van der Waals surface area contributed by atoms with Crippen molar-refractivity contribution in [1.29, 1.82) is 0 Å². The van der Waals surface area contributed by atoms with Gasteiger partial charge in [-0.05, 0) is 63.1 Å². The Kier molecular flexibility index (Phi) is 11.8. The topological polar surface area (TPSA) is 180 Å². The summed E-state index contributed by atoms with van der Waals surface area (Å²) < 4.78 is 26.6. The molecule has 3 N–H and O–H groups in total. The predicted octanol–water partition coefficient (Wildman–Crippen LogP) is 7.45. The fourth-order valence-corrected chi connectivity index (χ4v) is 6.97. The van der Waals surface area contributed by atoms with Crippen molar-refractivity contribution in [3.8, 4) is 23.0 Å². The summed E-state index contributed by atoms with van der Waals surface area (Å²) in [6, 6.07) is 11.0. The van der Waals surface area contributed by atoms with Crippen LogP contribution in [0.1, 0.15) is 27.2 Å². The average Bonchev–Trinajstić information content (AvgIpc) is 3.93. The molecule has 0 aliphatic carbocycles. The zero-order valence-electron chi connectivity index (χ0n) is 30.6. The van der Waals surface area contributed by atoms with Gasteiger partial charge in [-0.3, -0.25) is 0 Å². The number of hydrogen-bond acceptors (Lipinski definition) is 17. The van der Waals surface area contributed by atoms with Crippen LogP contribution in [0.3, 0.4) is 0 Å². The van der Waals surface area contributed by atoms with Gasteiger partial charge in [-0.1, -0.05) is 0 Å². The van der Waals surface area contributed by atoms with Crippen molar-refractivity contribution in [1.82, 2.24) is 35.2 Å². The molecule has 284 valence electrons. The lowest BCUT2D eigenvalue weighted by Crippen LogP contribution is -2.40. The van der Waals surface area contributed by atoms with Crippen LogP contribution in [0.2, 0.25) is 5.28 Å². The summed E-state index contributed by atoms with van der Waals surface area (Å²) in [4.78, 5) is 42.1. The summed E-state index contributed by atoms with van der Waals surface area (Å²) >= 11 is 8.79. The molecule has 1 saturated heterocycles. The first kappa shape index (κ1) is 38.3. The minimum absolute atomic E-state index is 0.0390. The van der Waals surface area contributed by atoms with Crippen LogP contribution in [-0.2, 0) is 4.74 Å². The summed E-state index contributed by atoms with van der Waals surface area (Å²) in [5.41, 5.74) is 5.87. The van der Waals surface area contributed by atoms with Crippen molar-refractivity contribution in [2.24, 2.45) is 0 Å². The standard InChI is InChI=1S/C22H28N6O4S.C13H11ClN4O2S/c1-22(2,3)32-21(29)25-14-8-9-28(11-14)20-26-18(17-19(27-20)33-12-23-17)24-13-6-7-15(30-4)16(10-13)31-5;1-19-8-4-3-7(5-9(8)20-2)16-11-10-12(21-6-15-10)18-13(14)17-11/h6-7,10,12,14H,8-9,11H2,1-5H3,(H,25,29)(H,24,26,27);3-6H,1-2H3,(H,16,17,18). The summed E-state index contributed by atoms with van der Waals surface area (Å²) in [7, 11) is 6.37. The van der Waals surface area contributed by atoms with Crippen LogP contribution < -0.4 is 39.8 Å². The van der Waals surface area contributed by atoms with Crippen LogP contribution in [0.25, 0.3) is 20.7 Å². The maximum atomic E-state index is 12.1. The van der Waals surface area contributed by atoms with E-state index >= 15 is 0 Å². The second-order valence-electron chi connectivity index (χ2n) is 12.7. The number of halogens is 1. The number of rotatable bonds is 10. The number of anilines is 5. The van der Waals surface area contributed by atoms with E-state index in [2.05, 4.69) is 40.8 Å². The monoisotopic (exact) mass is 794 g/mol. The minimum Gasteiger partial charge on any atom is -0.493 e. The zero-order chi connectivity index (χ0) is 38.4. The molecule has 5 heterocycles. The first-order valence-electron chi connectivity index (χ1n) is 16.6. The molecule has 54 heavy (non-hydrogen) atoms. The molecule has 1 unspecified atom stereocenters. The van der Waals surface area contributed by atoms with Crippen molar-refractivity contribution >= 4 is 90.0 Å². The minimum atomic E-state index is -0.534. The Balaban J connectivity index is 0.000000203. The molecule has 6 aromatic rings. The number of thiazole rings is 2. The van der Waals surface area contributed by atoms with Gasteiger partial charge in [-0.2, -0.15) is 15.0 Å². The number of alkyl carbamates (subject to hydrolysis) is 1. The first-order chi connectivity index (χ1) is 26.0. The highest BCUT2D eigenvalue weighted by Gasteiger charge is 2.28. The molecule has 1 aliphatic heterocycles. The molecular weight excluding hydrogens is 756 g/mol. The number of aromatic nitrogens is 6. The van der Waals surface area contributed by atoms with Crippen LogP contribution in [0, 0.1) is 0 Å². The number of carbonyl (C=O) groups excluding carboxylic acids is 1. The lowest BCUT2D eigenvalue weighted by atomic mass is 10.2. The molecule has 0 saturated carbocycles. The van der Waals surface area contributed by atoms with Crippen LogP contribution in [-0.4, -0.2) is 89.2 Å². The number of methoxy groups -OCH3 is 4. The van der Waals surface area contributed by atoms with E-state index in [1.165, 1.54) is 22.7 Å². The first-order valence-corrected chi connectivity index (χ1v) is 18.7. The molecule has 0 bridgehead atoms. The number of fused-ring (bicyclic) bond motifs is 2. The van der Waals surface area contributed by atoms with Gasteiger partial charge in [-0.25, -0.2) is 19.7 Å². The number of hydrogen-bond donors (Lipinski definition) is 3. The van der Waals surface area contributed by atoms with Crippen molar-refractivity contribution in [3.63, 3.8) is 0 Å². The highest BCUT2D eigenvalue weighted by molar-refractivity contribution is 7.16. The van der Waals surface area contributed by atoms with Crippen LogP contribution in [0.5, 0.6) is 23.0 Å². The number of amides is 1. The fourth-order valence-electron chi connectivity index (χ4n) is 5.44. The van der Waals surface area contributed by atoms with Gasteiger partial charge in [-0.15, -0.1) is 22.7 Å². The van der Waals surface area contributed by atoms with E-state index in [1.54, 1.807) is 39.5 Å². The summed E-state index contributed by atoms with van der Waals surface area (Å²) in [5, 5.41) is 9.62. The molecule has 0 spiro atoms. The normalized spacial score (nSPS) is 13.9. The third-order valence-electron chi connectivity index (χ3n) is 7.84. The fraction of sp³-hybridized carbons (Fsp3) is 0.343. The number of carbonyl (C=O) groups is 1. The zero-order valence-corrected chi connectivity index (χ0v) is 33.0. The molecule has 2 aromatic carbocycles. The van der Waals surface area contributed by atoms with Gasteiger partial charge in [0.2, 0.25) is 11.2 Å². The maximum absolute atomic E-state index is 12.1. The largest absolute Gasteiger partial charge is 0.493 e. The summed E-state index contributed by atoms with van der Waals surface area (Å²) in [6.07, 6.45) is 0.367. The van der Waals surface area contributed by atoms with E-state index in [1.807, 2.05) is 57.2 Å². The lowest BCUT2D eigenvalue weighted by Gasteiger charge is -2.22. The molecule has 4 aromatic heterocycles. The van der Waals surface area contributed by atoms with E-state index in [-0.39, 0.29) is 11.3 Å². The van der Waals surface area contributed by atoms with Crippen molar-refractivity contribution < 1.29 is 28.5 Å². The molecule has 1 aliphatic rings. The molecule has 0 radical (unpaired) electrons. The third-order valence-corrected chi connectivity index (χ3v) is 9.45. The average molecular weight is 795 g/mol. The van der Waals surface area contributed by atoms with Gasteiger partial charge in [0.1, 0.15) is 16.6 Å². The second kappa shape index (κ2) is 16.7. The summed E-state index contributed by atoms with van der Waals surface area (Å²) in [6.45, 7) is 6.86. The van der Waals surface area contributed by atoms with E-state index in [9.17, 15) is 4.79 Å². The Labute approximate surface area is 324 Å². The maximum Gasteiger partial charge on any atom is 0.407 e. The van der Waals surface area contributed by atoms with Gasteiger partial charge in [0.05, 0.1) is 45.5 Å². The highest BCUT2D eigenvalue weighted by atomic mass is 35.5. The molecule has 19 heteroatoms. The van der Waals surface area contributed by atoms with Crippen molar-refractivity contribution in [2.75, 3.05) is 57.1 Å². The lowest BCUT2D eigenvalue weighted by molar-refractivity contribution is 0.0509. The SMILES string of the molecule is COc1ccc(Nc2nc(Cl)nc3scnc23)cc1OC.COc1ccc(Nc2nc(N3CCC(NC(=O)OC(C)(C)C)C3)nc3scnc23)cc1OC. The Hall–Kier alpha value is -5.46. The van der Waals surface area contributed by atoms with Gasteiger partial charge in [0.25, 0.3) is 0 Å². The molecule has 16 nitrogen and oxygen atoms in total. The Bertz CT molecular complexity index is 2250. The van der Waals surface area contributed by atoms with Gasteiger partial charge in [0, 0.05) is 36.6 Å². The molecule has 7 rings (SSSR count). The summed E-state index contributed by atoms with van der Waals surface area (Å²) in [5.74, 6) is 4.28. The third kappa shape index (κ3) is 9.18. The molecule has 1 amide bonds. The molecule has 1 atom stereocenters. The second-order valence-corrected chi connectivity index (χ2v) is 14.7. The number of nitrogens with one attached hydrogen (secondary N) is 3. The number of nitrogens with zero attached hydrogens (tertiary/aromatic N) is 7. The Morgan fingerprint density at radius 3 is 1.85 bits per heavy atom. The van der Waals surface area contributed by atoms with Crippen LogP contribution >= 0.6 is 34.3 Å². The van der Waals surface area contributed by atoms with E-state index in [0.29, 0.717) is 58.2 Å². The number of ether oxygens (including phenoxy) is 5. The Morgan fingerprint density at radius 2 is 1.31 bits per heavy atom. The van der Waals surface area contributed by atoms with Crippen LogP contribution in [0.4, 0.5) is 33.8 Å². The molecular formula is C35H39ClN10O6S2. The highest BCUT2D eigenvalue weighted by Crippen LogP contribution is 2.35. The van der Waals surface area contributed by atoms with Gasteiger partial charge >= 0.3 is 6.09 Å². The van der Waals surface area contributed by atoms with Crippen LogP contribution in [0.15, 0.2) is 47.4 Å². The smallest absolute Gasteiger partial charge is 0.407 e. The van der Waals surface area contributed by atoms with Crippen molar-refractivity contribution in [2.45, 2.75) is 38.8 Å². The van der Waals surface area contributed by atoms with Crippen molar-refractivity contribution in [3.05, 3.63) is 52.7 Å². The van der Waals surface area contributed by atoms with E-state index < -0.39 is 11.7 Å².